The minimum absolute atomic E-state index is 0.0775. The zero-order chi connectivity index (χ0) is 11.8. The normalized spacial score (nSPS) is 22.4. The Labute approximate surface area is 95.6 Å². The summed E-state index contributed by atoms with van der Waals surface area (Å²) in [5, 5.41) is 9.12. The summed E-state index contributed by atoms with van der Waals surface area (Å²) in [6.45, 7) is 3.22. The molecule has 5 heteroatoms. The van der Waals surface area contributed by atoms with Gasteiger partial charge in [0, 0.05) is 13.1 Å². The molecule has 1 saturated heterocycles. The van der Waals surface area contributed by atoms with Gasteiger partial charge in [-0.2, -0.15) is 4.31 Å². The second kappa shape index (κ2) is 4.07. The summed E-state index contributed by atoms with van der Waals surface area (Å²) in [6.07, 6.45) is 0.914. The van der Waals surface area contributed by atoms with Crippen molar-refractivity contribution in [1.82, 2.24) is 4.31 Å². The molecule has 4 nitrogen and oxygen atoms in total. The molecule has 1 aromatic rings. The van der Waals surface area contributed by atoms with Gasteiger partial charge in [0.1, 0.15) is 5.75 Å². The zero-order valence-corrected chi connectivity index (χ0v) is 9.94. The van der Waals surface area contributed by atoms with E-state index >= 15 is 0 Å². The Kier molecular flexibility index (Phi) is 2.90. The van der Waals surface area contributed by atoms with Crippen LogP contribution in [-0.4, -0.2) is 30.9 Å². The molecule has 1 aliphatic heterocycles. The van der Waals surface area contributed by atoms with Gasteiger partial charge in [-0.05, 0) is 36.6 Å². The Hall–Kier alpha value is -1.07. The lowest BCUT2D eigenvalue weighted by molar-refractivity contribution is 0.463. The van der Waals surface area contributed by atoms with Crippen molar-refractivity contribution in [3.8, 4) is 5.75 Å². The fraction of sp³-hybridized carbons (Fsp3) is 0.455. The zero-order valence-electron chi connectivity index (χ0n) is 9.13. The van der Waals surface area contributed by atoms with Gasteiger partial charge in [0.05, 0.1) is 4.90 Å². The molecule has 0 radical (unpaired) electrons. The maximum atomic E-state index is 12.1. The highest BCUT2D eigenvalue weighted by Crippen LogP contribution is 2.24. The predicted molar refractivity (Wildman–Crippen MR) is 60.6 cm³/mol. The molecular formula is C11H15NO3S. The maximum absolute atomic E-state index is 12.1. The van der Waals surface area contributed by atoms with Crippen LogP contribution in [0.25, 0.3) is 0 Å². The van der Waals surface area contributed by atoms with Crippen LogP contribution in [0.5, 0.6) is 5.75 Å². The second-order valence-corrected chi connectivity index (χ2v) is 6.19. The van der Waals surface area contributed by atoms with Crippen molar-refractivity contribution in [3.05, 3.63) is 24.3 Å². The van der Waals surface area contributed by atoms with Gasteiger partial charge in [0.15, 0.2) is 0 Å². The Morgan fingerprint density at radius 3 is 2.44 bits per heavy atom. The van der Waals surface area contributed by atoms with Gasteiger partial charge in [-0.15, -0.1) is 0 Å². The molecule has 1 fully saturated rings. The summed E-state index contributed by atoms with van der Waals surface area (Å²) in [7, 11) is -3.37. The monoisotopic (exact) mass is 241 g/mol. The van der Waals surface area contributed by atoms with Crippen LogP contribution in [0.4, 0.5) is 0 Å². The number of aromatic hydroxyl groups is 1. The van der Waals surface area contributed by atoms with Crippen LogP contribution < -0.4 is 0 Å². The first-order chi connectivity index (χ1) is 7.50. The SMILES string of the molecule is CC1CCN(S(=O)(=O)c2ccc(O)cc2)C1. The largest absolute Gasteiger partial charge is 0.508 e. The molecule has 1 unspecified atom stereocenters. The van der Waals surface area contributed by atoms with E-state index < -0.39 is 10.0 Å². The maximum Gasteiger partial charge on any atom is 0.243 e. The van der Waals surface area contributed by atoms with Crippen molar-refractivity contribution in [2.45, 2.75) is 18.2 Å². The Bertz CT molecular complexity index is 467. The average Bonchev–Trinajstić information content (AvgIpc) is 2.66. The molecule has 0 aliphatic carbocycles. The first kappa shape index (κ1) is 11.4. The highest BCUT2D eigenvalue weighted by atomic mass is 32.2. The molecule has 1 heterocycles. The Morgan fingerprint density at radius 1 is 1.31 bits per heavy atom. The van der Waals surface area contributed by atoms with E-state index in [0.717, 1.165) is 6.42 Å². The number of sulfonamides is 1. The van der Waals surface area contributed by atoms with Crippen LogP contribution >= 0.6 is 0 Å². The van der Waals surface area contributed by atoms with Gasteiger partial charge in [-0.1, -0.05) is 6.92 Å². The van der Waals surface area contributed by atoms with Crippen molar-refractivity contribution < 1.29 is 13.5 Å². The van der Waals surface area contributed by atoms with Crippen molar-refractivity contribution in [1.29, 1.82) is 0 Å². The number of phenols is 1. The number of nitrogens with zero attached hydrogens (tertiary/aromatic N) is 1. The lowest BCUT2D eigenvalue weighted by Gasteiger charge is -2.15. The van der Waals surface area contributed by atoms with Crippen molar-refractivity contribution in [2.75, 3.05) is 13.1 Å². The lowest BCUT2D eigenvalue weighted by atomic mass is 10.2. The predicted octanol–water partition coefficient (Wildman–Crippen LogP) is 1.42. The minimum Gasteiger partial charge on any atom is -0.508 e. The molecule has 0 amide bonds. The lowest BCUT2D eigenvalue weighted by Crippen LogP contribution is -2.28. The van der Waals surface area contributed by atoms with E-state index in [4.69, 9.17) is 5.11 Å². The smallest absolute Gasteiger partial charge is 0.243 e. The number of rotatable bonds is 2. The van der Waals surface area contributed by atoms with E-state index in [1.165, 1.54) is 28.6 Å². The number of phenolic OH excluding ortho intramolecular Hbond substituents is 1. The van der Waals surface area contributed by atoms with Crippen LogP contribution in [0.1, 0.15) is 13.3 Å². The summed E-state index contributed by atoms with van der Waals surface area (Å²) in [6, 6.07) is 5.67. The van der Waals surface area contributed by atoms with Gasteiger partial charge >= 0.3 is 0 Å². The summed E-state index contributed by atoms with van der Waals surface area (Å²) in [4.78, 5) is 0.249. The molecule has 1 aliphatic rings. The van der Waals surface area contributed by atoms with Gasteiger partial charge < -0.3 is 5.11 Å². The molecule has 1 N–H and O–H groups in total. The summed E-state index contributed by atoms with van der Waals surface area (Å²) >= 11 is 0. The molecule has 0 spiro atoms. The molecule has 1 aromatic carbocycles. The number of hydrogen-bond acceptors (Lipinski definition) is 3. The summed E-state index contributed by atoms with van der Waals surface area (Å²) < 4.78 is 25.8. The molecule has 0 bridgehead atoms. The van der Waals surface area contributed by atoms with E-state index in [-0.39, 0.29) is 10.6 Å². The average molecular weight is 241 g/mol. The topological polar surface area (TPSA) is 57.6 Å². The highest BCUT2D eigenvalue weighted by molar-refractivity contribution is 7.89. The first-order valence-electron chi connectivity index (χ1n) is 5.29. The van der Waals surface area contributed by atoms with Crippen LogP contribution in [0.3, 0.4) is 0 Å². The van der Waals surface area contributed by atoms with E-state index in [2.05, 4.69) is 0 Å². The molecule has 16 heavy (non-hydrogen) atoms. The number of hydrogen-bond donors (Lipinski definition) is 1. The molecule has 88 valence electrons. The van der Waals surface area contributed by atoms with E-state index in [0.29, 0.717) is 19.0 Å². The fourth-order valence-electron chi connectivity index (χ4n) is 1.88. The van der Waals surface area contributed by atoms with Gasteiger partial charge in [0.2, 0.25) is 10.0 Å². The van der Waals surface area contributed by atoms with Crippen molar-refractivity contribution in [3.63, 3.8) is 0 Å². The first-order valence-corrected chi connectivity index (χ1v) is 6.73. The van der Waals surface area contributed by atoms with Crippen molar-refractivity contribution in [2.24, 2.45) is 5.92 Å². The molecule has 1 atom stereocenters. The third kappa shape index (κ3) is 2.05. The summed E-state index contributed by atoms with van der Waals surface area (Å²) in [5.74, 6) is 0.501. The van der Waals surface area contributed by atoms with Gasteiger partial charge in [0.25, 0.3) is 0 Å². The fourth-order valence-corrected chi connectivity index (χ4v) is 3.45. The van der Waals surface area contributed by atoms with Gasteiger partial charge in [-0.25, -0.2) is 8.42 Å². The minimum atomic E-state index is -3.37. The third-order valence-electron chi connectivity index (χ3n) is 2.86. The molecular weight excluding hydrogens is 226 g/mol. The van der Waals surface area contributed by atoms with Crippen molar-refractivity contribution >= 4 is 10.0 Å². The molecule has 0 saturated carbocycles. The molecule has 0 aromatic heterocycles. The Morgan fingerprint density at radius 2 is 1.94 bits per heavy atom. The molecule has 2 rings (SSSR count). The van der Waals surface area contributed by atoms with E-state index in [1.807, 2.05) is 6.92 Å². The highest BCUT2D eigenvalue weighted by Gasteiger charge is 2.30. The van der Waals surface area contributed by atoms with Crippen LogP contribution in [0, 0.1) is 5.92 Å². The van der Waals surface area contributed by atoms with E-state index in [1.54, 1.807) is 0 Å². The summed E-state index contributed by atoms with van der Waals surface area (Å²) in [5.41, 5.74) is 0. The number of benzene rings is 1. The van der Waals surface area contributed by atoms with Crippen LogP contribution in [0.2, 0.25) is 0 Å². The second-order valence-electron chi connectivity index (χ2n) is 4.25. The quantitative estimate of drug-likeness (QED) is 0.852. The Balaban J connectivity index is 2.29. The van der Waals surface area contributed by atoms with E-state index in [9.17, 15) is 8.42 Å². The van der Waals surface area contributed by atoms with Crippen LogP contribution in [-0.2, 0) is 10.0 Å². The third-order valence-corrected chi connectivity index (χ3v) is 4.74. The standard InChI is InChI=1S/C11H15NO3S/c1-9-6-7-12(8-9)16(14,15)11-4-2-10(13)3-5-11/h2-5,9,13H,6-8H2,1H3. The van der Waals surface area contributed by atoms with Crippen LogP contribution in [0.15, 0.2) is 29.2 Å². The van der Waals surface area contributed by atoms with Gasteiger partial charge in [-0.3, -0.25) is 0 Å².